The number of sulfonamides is 1. The first kappa shape index (κ1) is 13.6. The first-order chi connectivity index (χ1) is 9.41. The number of hydrogen-bond acceptors (Lipinski definition) is 3. The molecule has 5 nitrogen and oxygen atoms in total. The Morgan fingerprint density at radius 3 is 2.60 bits per heavy atom. The molecule has 1 heterocycles. The van der Waals surface area contributed by atoms with Crippen molar-refractivity contribution in [3.05, 3.63) is 23.8 Å². The molecular weight excluding hydrogens is 276 g/mol. The Labute approximate surface area is 119 Å². The predicted molar refractivity (Wildman–Crippen MR) is 76.1 cm³/mol. The van der Waals surface area contributed by atoms with E-state index in [1.54, 1.807) is 23.1 Å². The molecule has 0 radical (unpaired) electrons. The number of rotatable bonds is 3. The van der Waals surface area contributed by atoms with Crippen LogP contribution in [0, 0.1) is 5.92 Å². The third-order valence-corrected chi connectivity index (χ3v) is 5.73. The number of anilines is 1. The Bertz CT molecular complexity index is 663. The molecule has 0 N–H and O–H groups in total. The molecule has 0 atom stereocenters. The molecule has 1 aliphatic heterocycles. The molecule has 1 saturated carbocycles. The minimum absolute atomic E-state index is 0.186. The topological polar surface area (TPSA) is 57.7 Å². The average Bonchev–Trinajstić information content (AvgIpc) is 3.17. The van der Waals surface area contributed by atoms with Crippen LogP contribution in [0.1, 0.15) is 18.4 Å². The van der Waals surface area contributed by atoms with Gasteiger partial charge in [0.05, 0.1) is 4.90 Å². The molecule has 1 amide bonds. The van der Waals surface area contributed by atoms with Gasteiger partial charge in [0.2, 0.25) is 15.9 Å². The van der Waals surface area contributed by atoms with Gasteiger partial charge in [0.25, 0.3) is 0 Å². The van der Waals surface area contributed by atoms with Crippen molar-refractivity contribution in [2.75, 3.05) is 25.5 Å². The number of fused-ring (bicyclic) bond motifs is 1. The summed E-state index contributed by atoms with van der Waals surface area (Å²) in [5.41, 5.74) is 1.82. The molecule has 20 heavy (non-hydrogen) atoms. The van der Waals surface area contributed by atoms with Gasteiger partial charge in [-0.05, 0) is 43.0 Å². The van der Waals surface area contributed by atoms with E-state index in [-0.39, 0.29) is 11.8 Å². The van der Waals surface area contributed by atoms with Gasteiger partial charge in [-0.2, -0.15) is 0 Å². The van der Waals surface area contributed by atoms with E-state index in [9.17, 15) is 13.2 Å². The molecule has 1 aliphatic carbocycles. The Hall–Kier alpha value is -1.40. The van der Waals surface area contributed by atoms with Gasteiger partial charge in [-0.3, -0.25) is 4.79 Å². The normalized spacial score (nSPS) is 18.4. The van der Waals surface area contributed by atoms with Crippen molar-refractivity contribution in [1.82, 2.24) is 4.31 Å². The van der Waals surface area contributed by atoms with Crippen LogP contribution in [0.25, 0.3) is 0 Å². The zero-order valence-corrected chi connectivity index (χ0v) is 12.5. The lowest BCUT2D eigenvalue weighted by Gasteiger charge is -2.18. The Kier molecular flexibility index (Phi) is 3.10. The lowest BCUT2D eigenvalue weighted by Crippen LogP contribution is -2.30. The van der Waals surface area contributed by atoms with Crippen molar-refractivity contribution >= 4 is 21.6 Å². The highest BCUT2D eigenvalue weighted by molar-refractivity contribution is 7.89. The van der Waals surface area contributed by atoms with E-state index in [1.807, 2.05) is 0 Å². The summed E-state index contributed by atoms with van der Waals surface area (Å²) >= 11 is 0. The van der Waals surface area contributed by atoms with Crippen LogP contribution in [0.3, 0.4) is 0 Å². The van der Waals surface area contributed by atoms with E-state index >= 15 is 0 Å². The summed E-state index contributed by atoms with van der Waals surface area (Å²) in [6, 6.07) is 5.05. The minimum Gasteiger partial charge on any atom is -0.312 e. The number of nitrogens with zero attached hydrogens (tertiary/aromatic N) is 2. The molecule has 1 aromatic rings. The van der Waals surface area contributed by atoms with E-state index in [0.29, 0.717) is 11.4 Å². The summed E-state index contributed by atoms with van der Waals surface area (Å²) in [5.74, 6) is 0.373. The van der Waals surface area contributed by atoms with Crippen LogP contribution >= 0.6 is 0 Å². The number of amides is 1. The van der Waals surface area contributed by atoms with Gasteiger partial charge >= 0.3 is 0 Å². The highest BCUT2D eigenvalue weighted by atomic mass is 32.2. The lowest BCUT2D eigenvalue weighted by atomic mass is 10.2. The molecule has 0 spiro atoms. The van der Waals surface area contributed by atoms with Crippen LogP contribution < -0.4 is 4.90 Å². The molecular formula is C14H18N2O3S. The summed E-state index contributed by atoms with van der Waals surface area (Å²) in [6.07, 6.45) is 2.69. The first-order valence-electron chi connectivity index (χ1n) is 6.78. The van der Waals surface area contributed by atoms with Crippen molar-refractivity contribution in [2.45, 2.75) is 24.2 Å². The van der Waals surface area contributed by atoms with Crippen molar-refractivity contribution in [3.8, 4) is 0 Å². The maximum Gasteiger partial charge on any atom is 0.242 e. The second kappa shape index (κ2) is 4.56. The summed E-state index contributed by atoms with van der Waals surface area (Å²) in [4.78, 5) is 14.3. The monoisotopic (exact) mass is 294 g/mol. The van der Waals surface area contributed by atoms with E-state index in [0.717, 1.165) is 30.5 Å². The second-order valence-corrected chi connectivity index (χ2v) is 7.74. The van der Waals surface area contributed by atoms with Crippen molar-refractivity contribution in [2.24, 2.45) is 5.92 Å². The molecule has 1 aromatic carbocycles. The zero-order valence-electron chi connectivity index (χ0n) is 11.7. The van der Waals surface area contributed by atoms with E-state index in [1.165, 1.54) is 18.4 Å². The van der Waals surface area contributed by atoms with E-state index in [2.05, 4.69) is 0 Å². The fourth-order valence-electron chi connectivity index (χ4n) is 2.53. The van der Waals surface area contributed by atoms with E-state index in [4.69, 9.17) is 0 Å². The fourth-order valence-corrected chi connectivity index (χ4v) is 3.48. The SMILES string of the molecule is CN(C)S(=O)(=O)c1ccc2c(c1)CCN2C(=O)C1CC1. The van der Waals surface area contributed by atoms with Crippen LogP contribution in [0.4, 0.5) is 5.69 Å². The number of benzene rings is 1. The van der Waals surface area contributed by atoms with Crippen LogP contribution in [0.2, 0.25) is 0 Å². The molecule has 0 unspecified atom stereocenters. The second-order valence-electron chi connectivity index (χ2n) is 5.59. The third-order valence-electron chi connectivity index (χ3n) is 3.92. The molecule has 6 heteroatoms. The average molecular weight is 294 g/mol. The number of carbonyl (C=O) groups is 1. The molecule has 108 valence electrons. The predicted octanol–water partition coefficient (Wildman–Crippen LogP) is 1.24. The van der Waals surface area contributed by atoms with Crippen molar-refractivity contribution in [1.29, 1.82) is 0 Å². The summed E-state index contributed by atoms with van der Waals surface area (Å²) < 4.78 is 25.4. The van der Waals surface area contributed by atoms with Crippen LogP contribution in [0.15, 0.2) is 23.1 Å². The largest absolute Gasteiger partial charge is 0.312 e. The smallest absolute Gasteiger partial charge is 0.242 e. The third kappa shape index (κ3) is 2.13. The van der Waals surface area contributed by atoms with Crippen LogP contribution in [-0.2, 0) is 21.2 Å². The molecule has 0 saturated heterocycles. The quantitative estimate of drug-likeness (QED) is 0.842. The highest BCUT2D eigenvalue weighted by Gasteiger charge is 2.36. The Balaban J connectivity index is 1.94. The fraction of sp³-hybridized carbons (Fsp3) is 0.500. The standard InChI is InChI=1S/C14H18N2O3S/c1-15(2)20(18,19)12-5-6-13-11(9-12)7-8-16(13)14(17)10-3-4-10/h5-6,9-10H,3-4,7-8H2,1-2H3. The van der Waals surface area contributed by atoms with Crippen molar-refractivity contribution < 1.29 is 13.2 Å². The summed E-state index contributed by atoms with van der Waals surface area (Å²) in [6.45, 7) is 0.663. The molecule has 0 aromatic heterocycles. The van der Waals surface area contributed by atoms with Gasteiger partial charge in [-0.15, -0.1) is 0 Å². The minimum atomic E-state index is -3.41. The molecule has 0 bridgehead atoms. The number of carbonyl (C=O) groups excluding carboxylic acids is 1. The zero-order chi connectivity index (χ0) is 14.5. The molecule has 1 fully saturated rings. The van der Waals surface area contributed by atoms with Crippen LogP contribution in [0.5, 0.6) is 0 Å². The van der Waals surface area contributed by atoms with Gasteiger partial charge in [0.15, 0.2) is 0 Å². The lowest BCUT2D eigenvalue weighted by molar-refractivity contribution is -0.119. The maximum absolute atomic E-state index is 12.2. The summed E-state index contributed by atoms with van der Waals surface area (Å²) in [7, 11) is -0.372. The highest BCUT2D eigenvalue weighted by Crippen LogP contribution is 2.37. The van der Waals surface area contributed by atoms with Gasteiger partial charge in [-0.25, -0.2) is 12.7 Å². The summed E-state index contributed by atoms with van der Waals surface area (Å²) in [5, 5.41) is 0. The molecule has 3 rings (SSSR count). The van der Waals surface area contributed by atoms with Gasteiger partial charge in [0.1, 0.15) is 0 Å². The Morgan fingerprint density at radius 2 is 2.00 bits per heavy atom. The van der Waals surface area contributed by atoms with Crippen molar-refractivity contribution in [3.63, 3.8) is 0 Å². The Morgan fingerprint density at radius 1 is 1.30 bits per heavy atom. The molecule has 2 aliphatic rings. The first-order valence-corrected chi connectivity index (χ1v) is 8.22. The van der Waals surface area contributed by atoms with Gasteiger partial charge in [-0.1, -0.05) is 0 Å². The van der Waals surface area contributed by atoms with E-state index < -0.39 is 10.0 Å². The maximum atomic E-state index is 12.2. The van der Waals surface area contributed by atoms with Gasteiger partial charge < -0.3 is 4.90 Å². The number of hydrogen-bond donors (Lipinski definition) is 0. The van der Waals surface area contributed by atoms with Crippen LogP contribution in [-0.4, -0.2) is 39.3 Å². The van der Waals surface area contributed by atoms with Gasteiger partial charge in [0, 0.05) is 32.2 Å².